The van der Waals surface area contributed by atoms with Gasteiger partial charge in [-0.15, -0.1) is 11.3 Å². The SMILES string of the molecule is COCCNC(=O)c1cn[nH]c1C1CCCN(C(=O)c2sccc2C(C)C)C1. The molecule has 1 fully saturated rings. The number of hydrogen-bond donors (Lipinski definition) is 2. The fraction of sp³-hybridized carbons (Fsp3) is 0.550. The minimum absolute atomic E-state index is 0.0748. The summed E-state index contributed by atoms with van der Waals surface area (Å²) in [7, 11) is 1.60. The Morgan fingerprint density at radius 2 is 2.29 bits per heavy atom. The van der Waals surface area contributed by atoms with E-state index in [9.17, 15) is 9.59 Å². The third-order valence-corrected chi connectivity index (χ3v) is 6.05. The van der Waals surface area contributed by atoms with Gasteiger partial charge in [-0.2, -0.15) is 5.10 Å². The maximum atomic E-state index is 13.1. The topological polar surface area (TPSA) is 87.3 Å². The number of hydrogen-bond acceptors (Lipinski definition) is 5. The van der Waals surface area contributed by atoms with E-state index in [4.69, 9.17) is 4.74 Å². The van der Waals surface area contributed by atoms with Crippen molar-refractivity contribution in [3.05, 3.63) is 39.3 Å². The lowest BCUT2D eigenvalue weighted by atomic mass is 9.92. The van der Waals surface area contributed by atoms with Crippen LogP contribution in [0.3, 0.4) is 0 Å². The highest BCUT2D eigenvalue weighted by molar-refractivity contribution is 7.12. The second kappa shape index (κ2) is 9.34. The van der Waals surface area contributed by atoms with Gasteiger partial charge >= 0.3 is 0 Å². The van der Waals surface area contributed by atoms with E-state index in [2.05, 4.69) is 29.4 Å². The molecular formula is C20H28N4O3S. The first kappa shape index (κ1) is 20.5. The van der Waals surface area contributed by atoms with E-state index in [1.165, 1.54) is 11.3 Å². The zero-order chi connectivity index (χ0) is 20.1. The number of rotatable bonds is 7. The fourth-order valence-corrected chi connectivity index (χ4v) is 4.66. The van der Waals surface area contributed by atoms with Crippen molar-refractivity contribution in [3.8, 4) is 0 Å². The fourth-order valence-electron chi connectivity index (χ4n) is 3.64. The summed E-state index contributed by atoms with van der Waals surface area (Å²) in [6.45, 7) is 6.46. The van der Waals surface area contributed by atoms with E-state index in [1.54, 1.807) is 13.3 Å². The minimum atomic E-state index is -0.162. The third-order valence-electron chi connectivity index (χ3n) is 5.13. The molecule has 1 atom stereocenters. The standard InChI is InChI=1S/C20H28N4O3S/c1-13(2)15-6-10-28-18(15)20(26)24-8-4-5-14(12-24)17-16(11-22-23-17)19(25)21-7-9-27-3/h6,10-11,13-14H,4-5,7-9,12H2,1-3H3,(H,21,25)(H,22,23). The van der Waals surface area contributed by atoms with Crippen LogP contribution in [0.5, 0.6) is 0 Å². The number of ether oxygens (including phenoxy) is 1. The van der Waals surface area contributed by atoms with Crippen LogP contribution >= 0.6 is 11.3 Å². The summed E-state index contributed by atoms with van der Waals surface area (Å²) < 4.78 is 4.98. The number of H-pyrrole nitrogens is 1. The predicted molar refractivity (Wildman–Crippen MR) is 109 cm³/mol. The van der Waals surface area contributed by atoms with E-state index in [1.807, 2.05) is 16.3 Å². The van der Waals surface area contributed by atoms with Crippen molar-refractivity contribution in [3.63, 3.8) is 0 Å². The first-order chi connectivity index (χ1) is 13.5. The van der Waals surface area contributed by atoms with Gasteiger partial charge in [-0.1, -0.05) is 13.8 Å². The van der Waals surface area contributed by atoms with Crippen LogP contribution in [-0.2, 0) is 4.74 Å². The number of likely N-dealkylation sites (tertiary alicyclic amines) is 1. The summed E-state index contributed by atoms with van der Waals surface area (Å²) >= 11 is 1.51. The Kier molecular flexibility index (Phi) is 6.85. The average Bonchev–Trinajstić information content (AvgIpc) is 3.37. The van der Waals surface area contributed by atoms with Crippen molar-refractivity contribution in [2.75, 3.05) is 33.4 Å². The lowest BCUT2D eigenvalue weighted by Crippen LogP contribution is -2.39. The zero-order valence-electron chi connectivity index (χ0n) is 16.7. The molecule has 2 amide bonds. The Hall–Kier alpha value is -2.19. The molecule has 152 valence electrons. The molecule has 0 aliphatic carbocycles. The van der Waals surface area contributed by atoms with Crippen molar-refractivity contribution in [1.29, 1.82) is 0 Å². The molecule has 28 heavy (non-hydrogen) atoms. The van der Waals surface area contributed by atoms with Gasteiger partial charge < -0.3 is 15.0 Å². The van der Waals surface area contributed by atoms with Crippen LogP contribution in [0.1, 0.15) is 69.8 Å². The maximum Gasteiger partial charge on any atom is 0.264 e. The molecule has 7 nitrogen and oxygen atoms in total. The highest BCUT2D eigenvalue weighted by atomic mass is 32.1. The molecular weight excluding hydrogens is 376 g/mol. The van der Waals surface area contributed by atoms with Gasteiger partial charge in [0.05, 0.1) is 28.9 Å². The van der Waals surface area contributed by atoms with E-state index in [-0.39, 0.29) is 17.7 Å². The van der Waals surface area contributed by atoms with Crippen molar-refractivity contribution in [1.82, 2.24) is 20.4 Å². The molecule has 2 aromatic rings. The van der Waals surface area contributed by atoms with Gasteiger partial charge in [0.15, 0.2) is 0 Å². The number of nitrogens with zero attached hydrogens (tertiary/aromatic N) is 2. The number of nitrogens with one attached hydrogen (secondary N) is 2. The maximum absolute atomic E-state index is 13.1. The van der Waals surface area contributed by atoms with Gasteiger partial charge in [-0.25, -0.2) is 0 Å². The summed E-state index contributed by atoms with van der Waals surface area (Å²) in [4.78, 5) is 28.3. The lowest BCUT2D eigenvalue weighted by Gasteiger charge is -2.32. The highest BCUT2D eigenvalue weighted by Crippen LogP contribution is 2.31. The number of carbonyl (C=O) groups is 2. The molecule has 0 bridgehead atoms. The molecule has 2 aromatic heterocycles. The number of methoxy groups -OCH3 is 1. The normalized spacial score (nSPS) is 17.1. The molecule has 3 rings (SSSR count). The second-order valence-corrected chi connectivity index (χ2v) is 8.31. The largest absolute Gasteiger partial charge is 0.383 e. The molecule has 1 aliphatic heterocycles. The Morgan fingerprint density at radius 3 is 3.04 bits per heavy atom. The summed E-state index contributed by atoms with van der Waals surface area (Å²) in [5.74, 6) is 0.324. The molecule has 2 N–H and O–H groups in total. The van der Waals surface area contributed by atoms with Gasteiger partial charge in [0.1, 0.15) is 0 Å². The molecule has 1 unspecified atom stereocenters. The quantitative estimate of drug-likeness (QED) is 0.695. The molecule has 0 aromatic carbocycles. The van der Waals surface area contributed by atoms with Crippen LogP contribution in [0.25, 0.3) is 0 Å². The Balaban J connectivity index is 1.72. The van der Waals surface area contributed by atoms with Gasteiger partial charge in [-0.05, 0) is 35.8 Å². The molecule has 0 radical (unpaired) electrons. The average molecular weight is 405 g/mol. The molecule has 0 saturated carbocycles. The van der Waals surface area contributed by atoms with E-state index < -0.39 is 0 Å². The monoisotopic (exact) mass is 404 g/mol. The van der Waals surface area contributed by atoms with Crippen LogP contribution < -0.4 is 5.32 Å². The van der Waals surface area contributed by atoms with Crippen molar-refractivity contribution < 1.29 is 14.3 Å². The number of amides is 2. The lowest BCUT2D eigenvalue weighted by molar-refractivity contribution is 0.0709. The summed E-state index contributed by atoms with van der Waals surface area (Å²) in [6, 6.07) is 2.04. The Morgan fingerprint density at radius 1 is 1.46 bits per heavy atom. The van der Waals surface area contributed by atoms with Crippen LogP contribution in [0, 0.1) is 0 Å². The van der Waals surface area contributed by atoms with Gasteiger partial charge in [-0.3, -0.25) is 14.7 Å². The van der Waals surface area contributed by atoms with Crippen LogP contribution in [0.2, 0.25) is 0 Å². The summed E-state index contributed by atoms with van der Waals surface area (Å²) in [6.07, 6.45) is 3.39. The van der Waals surface area contributed by atoms with Gasteiger partial charge in [0.2, 0.25) is 0 Å². The number of carbonyl (C=O) groups excluding carboxylic acids is 2. The number of thiophene rings is 1. The van der Waals surface area contributed by atoms with Gasteiger partial charge in [0, 0.05) is 32.7 Å². The molecule has 1 saturated heterocycles. The van der Waals surface area contributed by atoms with E-state index in [0.717, 1.165) is 35.5 Å². The molecule has 0 spiro atoms. The molecule has 1 aliphatic rings. The smallest absolute Gasteiger partial charge is 0.264 e. The van der Waals surface area contributed by atoms with Crippen LogP contribution in [0.4, 0.5) is 0 Å². The van der Waals surface area contributed by atoms with Crippen molar-refractivity contribution >= 4 is 23.2 Å². The molecule has 3 heterocycles. The number of aromatic nitrogens is 2. The Labute approximate surface area is 169 Å². The minimum Gasteiger partial charge on any atom is -0.383 e. The number of piperidine rings is 1. The van der Waals surface area contributed by atoms with Crippen molar-refractivity contribution in [2.24, 2.45) is 0 Å². The first-order valence-corrected chi connectivity index (χ1v) is 10.6. The Bertz CT molecular complexity index is 814. The first-order valence-electron chi connectivity index (χ1n) is 9.70. The molecule has 8 heteroatoms. The van der Waals surface area contributed by atoms with Crippen LogP contribution in [0.15, 0.2) is 17.6 Å². The van der Waals surface area contributed by atoms with Crippen LogP contribution in [-0.4, -0.2) is 60.3 Å². The number of aromatic amines is 1. The highest BCUT2D eigenvalue weighted by Gasteiger charge is 2.30. The third kappa shape index (κ3) is 4.44. The van der Waals surface area contributed by atoms with E-state index >= 15 is 0 Å². The predicted octanol–water partition coefficient (Wildman–Crippen LogP) is 2.99. The van der Waals surface area contributed by atoms with Gasteiger partial charge in [0.25, 0.3) is 11.8 Å². The second-order valence-electron chi connectivity index (χ2n) is 7.40. The summed E-state index contributed by atoms with van der Waals surface area (Å²) in [5, 5.41) is 11.9. The zero-order valence-corrected chi connectivity index (χ0v) is 17.5. The van der Waals surface area contributed by atoms with Crippen molar-refractivity contribution in [2.45, 2.75) is 38.5 Å². The summed E-state index contributed by atoms with van der Waals surface area (Å²) in [5.41, 5.74) is 2.47. The van der Waals surface area contributed by atoms with E-state index in [0.29, 0.717) is 31.2 Å².